The summed E-state index contributed by atoms with van der Waals surface area (Å²) in [6.45, 7) is 1.75. The number of carbonyl (C=O) groups is 2. The molecule has 110 valence electrons. The molecule has 1 aromatic carbocycles. The molecule has 1 rings (SSSR count). The van der Waals surface area contributed by atoms with E-state index in [1.54, 1.807) is 6.92 Å². The summed E-state index contributed by atoms with van der Waals surface area (Å²) in [5.41, 5.74) is 0.148. The van der Waals surface area contributed by atoms with Crippen molar-refractivity contribution in [3.8, 4) is 0 Å². The normalized spacial score (nSPS) is 11.8. The van der Waals surface area contributed by atoms with Crippen molar-refractivity contribution >= 4 is 29.1 Å². The Morgan fingerprint density at radius 1 is 1.40 bits per heavy atom. The van der Waals surface area contributed by atoms with Crippen LogP contribution in [0.25, 0.3) is 0 Å². The molecule has 0 fully saturated rings. The number of hydrogen-bond donors (Lipinski definition) is 3. The summed E-state index contributed by atoms with van der Waals surface area (Å²) in [4.78, 5) is 23.2. The maximum absolute atomic E-state index is 13.2. The van der Waals surface area contributed by atoms with Gasteiger partial charge in [-0.25, -0.2) is 4.39 Å². The van der Waals surface area contributed by atoms with Gasteiger partial charge in [0, 0.05) is 18.3 Å². The quantitative estimate of drug-likeness (QED) is 0.724. The van der Waals surface area contributed by atoms with Gasteiger partial charge in [0.25, 0.3) is 0 Å². The van der Waals surface area contributed by atoms with Crippen LogP contribution in [0, 0.1) is 5.82 Å². The highest BCUT2D eigenvalue weighted by Gasteiger charge is 2.16. The Bertz CT molecular complexity index is 497. The van der Waals surface area contributed by atoms with Crippen molar-refractivity contribution in [3.63, 3.8) is 0 Å². The van der Waals surface area contributed by atoms with Crippen molar-refractivity contribution in [1.29, 1.82) is 0 Å². The lowest BCUT2D eigenvalue weighted by atomic mass is 10.2. The van der Waals surface area contributed by atoms with E-state index in [0.717, 1.165) is 6.07 Å². The van der Waals surface area contributed by atoms with Gasteiger partial charge in [-0.1, -0.05) is 11.6 Å². The summed E-state index contributed by atoms with van der Waals surface area (Å²) in [6, 6.07) is 3.48. The first-order chi connectivity index (χ1) is 9.43. The number of benzene rings is 1. The summed E-state index contributed by atoms with van der Waals surface area (Å²) >= 11 is 5.51. The number of amides is 2. The van der Waals surface area contributed by atoms with Crippen LogP contribution >= 0.6 is 11.6 Å². The molecule has 0 aromatic heterocycles. The van der Waals surface area contributed by atoms with Crippen LogP contribution in [-0.4, -0.2) is 29.6 Å². The van der Waals surface area contributed by atoms with Crippen LogP contribution in [-0.2, 0) is 9.59 Å². The Morgan fingerprint density at radius 2 is 2.10 bits per heavy atom. The molecule has 20 heavy (non-hydrogen) atoms. The van der Waals surface area contributed by atoms with Crippen molar-refractivity contribution in [1.82, 2.24) is 5.32 Å². The third-order valence-corrected chi connectivity index (χ3v) is 2.86. The molecule has 0 radical (unpaired) electrons. The van der Waals surface area contributed by atoms with Gasteiger partial charge in [-0.3, -0.25) is 9.59 Å². The molecule has 0 saturated heterocycles. The molecule has 3 N–H and O–H groups in total. The lowest BCUT2D eigenvalue weighted by molar-refractivity contribution is -0.136. The minimum absolute atomic E-state index is 0.0243. The highest BCUT2D eigenvalue weighted by molar-refractivity contribution is 6.39. The van der Waals surface area contributed by atoms with Gasteiger partial charge in [0.2, 0.25) is 0 Å². The van der Waals surface area contributed by atoms with Gasteiger partial charge in [0.1, 0.15) is 5.82 Å². The zero-order chi connectivity index (χ0) is 15.1. The maximum Gasteiger partial charge on any atom is 0.313 e. The molecule has 1 atom stereocenters. The summed E-state index contributed by atoms with van der Waals surface area (Å²) in [5.74, 6) is -2.38. The number of halogens is 2. The molecule has 0 saturated carbocycles. The number of aliphatic hydroxyl groups is 1. The zero-order valence-corrected chi connectivity index (χ0v) is 11.7. The molecular formula is C13H16ClFN2O3. The number of anilines is 1. The molecule has 0 aliphatic carbocycles. The minimum Gasteiger partial charge on any atom is -0.396 e. The van der Waals surface area contributed by atoms with Crippen molar-refractivity contribution in [2.75, 3.05) is 11.9 Å². The highest BCUT2D eigenvalue weighted by atomic mass is 35.5. The van der Waals surface area contributed by atoms with Crippen molar-refractivity contribution in [3.05, 3.63) is 29.0 Å². The Labute approximate surface area is 121 Å². The van der Waals surface area contributed by atoms with Crippen LogP contribution < -0.4 is 10.6 Å². The molecule has 2 amide bonds. The van der Waals surface area contributed by atoms with Crippen LogP contribution in [0.3, 0.4) is 0 Å². The number of hydrogen-bond acceptors (Lipinski definition) is 3. The molecule has 1 unspecified atom stereocenters. The zero-order valence-electron chi connectivity index (χ0n) is 11.0. The minimum atomic E-state index is -0.887. The van der Waals surface area contributed by atoms with Crippen molar-refractivity contribution in [2.24, 2.45) is 0 Å². The lowest BCUT2D eigenvalue weighted by Crippen LogP contribution is -2.40. The Kier molecular flexibility index (Phi) is 6.41. The van der Waals surface area contributed by atoms with Crippen LogP contribution in [0.4, 0.5) is 10.1 Å². The third-order valence-electron chi connectivity index (χ3n) is 2.56. The first-order valence-electron chi connectivity index (χ1n) is 6.11. The van der Waals surface area contributed by atoms with Crippen molar-refractivity contribution < 1.29 is 19.1 Å². The fraction of sp³-hybridized carbons (Fsp3) is 0.385. The molecule has 5 nitrogen and oxygen atoms in total. The molecular weight excluding hydrogens is 287 g/mol. The van der Waals surface area contributed by atoms with Crippen molar-refractivity contribution in [2.45, 2.75) is 25.8 Å². The van der Waals surface area contributed by atoms with Gasteiger partial charge >= 0.3 is 11.8 Å². The summed E-state index contributed by atoms with van der Waals surface area (Å²) in [7, 11) is 0. The van der Waals surface area contributed by atoms with E-state index in [2.05, 4.69) is 10.6 Å². The van der Waals surface area contributed by atoms with Gasteiger partial charge in [0.15, 0.2) is 0 Å². The summed E-state index contributed by atoms with van der Waals surface area (Å²) in [5, 5.41) is 13.3. The van der Waals surface area contributed by atoms with Gasteiger partial charge in [-0.2, -0.15) is 0 Å². The number of rotatable bonds is 5. The molecule has 1 aromatic rings. The Morgan fingerprint density at radius 3 is 2.70 bits per heavy atom. The number of aliphatic hydroxyl groups excluding tert-OH is 1. The second kappa shape index (κ2) is 7.81. The highest BCUT2D eigenvalue weighted by Crippen LogP contribution is 2.18. The van der Waals surface area contributed by atoms with Crippen LogP contribution in [0.15, 0.2) is 18.2 Å². The van der Waals surface area contributed by atoms with E-state index in [1.807, 2.05) is 0 Å². The second-order valence-electron chi connectivity index (χ2n) is 4.32. The summed E-state index contributed by atoms with van der Waals surface area (Å²) in [6.07, 6.45) is 1.09. The van der Waals surface area contributed by atoms with Crippen LogP contribution in [0.1, 0.15) is 19.8 Å². The second-order valence-corrected chi connectivity index (χ2v) is 4.73. The largest absolute Gasteiger partial charge is 0.396 e. The van der Waals surface area contributed by atoms with Gasteiger partial charge in [-0.05, 0) is 38.0 Å². The topological polar surface area (TPSA) is 78.4 Å². The fourth-order valence-corrected chi connectivity index (χ4v) is 1.64. The van der Waals surface area contributed by atoms with Crippen LogP contribution in [0.2, 0.25) is 5.02 Å². The van der Waals surface area contributed by atoms with E-state index in [9.17, 15) is 14.0 Å². The van der Waals surface area contributed by atoms with E-state index >= 15 is 0 Å². The first kappa shape index (κ1) is 16.4. The Hall–Kier alpha value is -1.66. The molecule has 0 heterocycles. The first-order valence-corrected chi connectivity index (χ1v) is 6.49. The predicted molar refractivity (Wildman–Crippen MR) is 74.0 cm³/mol. The van der Waals surface area contributed by atoms with E-state index in [0.29, 0.717) is 12.8 Å². The van der Waals surface area contributed by atoms with Crippen LogP contribution in [0.5, 0.6) is 0 Å². The maximum atomic E-state index is 13.2. The van der Waals surface area contributed by atoms with E-state index in [1.165, 1.54) is 12.1 Å². The average molecular weight is 303 g/mol. The molecule has 0 aliphatic heterocycles. The molecule has 7 heteroatoms. The smallest absolute Gasteiger partial charge is 0.313 e. The summed E-state index contributed by atoms with van der Waals surface area (Å²) < 4.78 is 13.2. The molecule has 0 aliphatic rings. The number of carbonyl (C=O) groups excluding carboxylic acids is 2. The van der Waals surface area contributed by atoms with Gasteiger partial charge in [0.05, 0.1) is 5.02 Å². The lowest BCUT2D eigenvalue weighted by Gasteiger charge is -2.13. The molecule has 0 spiro atoms. The van der Waals surface area contributed by atoms with E-state index in [-0.39, 0.29) is 23.4 Å². The molecule has 0 bridgehead atoms. The predicted octanol–water partition coefficient (Wildman–Crippen LogP) is 1.69. The van der Waals surface area contributed by atoms with E-state index < -0.39 is 17.6 Å². The van der Waals surface area contributed by atoms with Gasteiger partial charge in [-0.15, -0.1) is 0 Å². The SMILES string of the molecule is CC(CCCO)NC(=O)C(=O)Nc1ccc(Cl)c(F)c1. The van der Waals surface area contributed by atoms with Gasteiger partial charge < -0.3 is 15.7 Å². The monoisotopic (exact) mass is 302 g/mol. The fourth-order valence-electron chi connectivity index (χ4n) is 1.52. The Balaban J connectivity index is 2.53. The number of nitrogens with one attached hydrogen (secondary N) is 2. The standard InChI is InChI=1S/C13H16ClFN2O3/c1-8(3-2-6-18)16-12(19)13(20)17-9-4-5-10(14)11(15)7-9/h4-5,7-8,18H,2-3,6H2,1H3,(H,16,19)(H,17,20). The average Bonchev–Trinajstić information content (AvgIpc) is 2.40. The third kappa shape index (κ3) is 5.14. The van der Waals surface area contributed by atoms with E-state index in [4.69, 9.17) is 16.7 Å².